The van der Waals surface area contributed by atoms with E-state index >= 15 is 0 Å². The van der Waals surface area contributed by atoms with E-state index in [1.54, 1.807) is 6.92 Å². The van der Waals surface area contributed by atoms with Crippen LogP contribution < -0.4 is 5.73 Å². The highest BCUT2D eigenvalue weighted by Gasteiger charge is 2.14. The average molecular weight is 227 g/mol. The van der Waals surface area contributed by atoms with Gasteiger partial charge in [0.15, 0.2) is 11.6 Å². The minimum atomic E-state index is -0.395. The summed E-state index contributed by atoms with van der Waals surface area (Å²) in [5.41, 5.74) is 6.82. The van der Waals surface area contributed by atoms with Crippen LogP contribution in [0.15, 0.2) is 22.7 Å². The summed E-state index contributed by atoms with van der Waals surface area (Å²) in [7, 11) is 0. The number of aromatic nitrogens is 1. The first-order valence-electron chi connectivity index (χ1n) is 4.26. The van der Waals surface area contributed by atoms with Gasteiger partial charge in [-0.25, -0.2) is 4.39 Å². The predicted octanol–water partition coefficient (Wildman–Crippen LogP) is 3.02. The molecule has 0 fully saturated rings. The third kappa shape index (κ3) is 1.68. The Morgan fingerprint density at radius 1 is 1.47 bits per heavy atom. The Kier molecular flexibility index (Phi) is 2.36. The van der Waals surface area contributed by atoms with Gasteiger partial charge in [0.2, 0.25) is 0 Å². The van der Waals surface area contributed by atoms with Crippen molar-refractivity contribution in [3.63, 3.8) is 0 Å². The lowest BCUT2D eigenvalue weighted by molar-refractivity contribution is 0.435. The van der Waals surface area contributed by atoms with Gasteiger partial charge in [0.1, 0.15) is 5.82 Å². The summed E-state index contributed by atoms with van der Waals surface area (Å²) in [6.07, 6.45) is 0. The quantitative estimate of drug-likeness (QED) is 0.813. The number of nitrogens with two attached hydrogens (primary N) is 1. The molecule has 1 aromatic heterocycles. The molecule has 0 aliphatic rings. The van der Waals surface area contributed by atoms with Gasteiger partial charge in [0, 0.05) is 11.1 Å². The fourth-order valence-electron chi connectivity index (χ4n) is 1.27. The van der Waals surface area contributed by atoms with Crippen LogP contribution >= 0.6 is 11.6 Å². The Morgan fingerprint density at radius 3 is 2.73 bits per heavy atom. The highest BCUT2D eigenvalue weighted by molar-refractivity contribution is 6.33. The monoisotopic (exact) mass is 226 g/mol. The minimum Gasteiger partial charge on any atom is -0.381 e. The third-order valence-electron chi connectivity index (χ3n) is 2.14. The van der Waals surface area contributed by atoms with Crippen LogP contribution in [0.4, 0.5) is 10.2 Å². The number of anilines is 1. The summed E-state index contributed by atoms with van der Waals surface area (Å²) < 4.78 is 17.8. The van der Waals surface area contributed by atoms with E-state index in [4.69, 9.17) is 21.9 Å². The molecule has 1 heterocycles. The lowest BCUT2D eigenvalue weighted by Gasteiger charge is -2.00. The first-order chi connectivity index (χ1) is 7.09. The topological polar surface area (TPSA) is 52.0 Å². The van der Waals surface area contributed by atoms with Crippen LogP contribution in [0.1, 0.15) is 5.56 Å². The van der Waals surface area contributed by atoms with Crippen molar-refractivity contribution in [2.45, 2.75) is 6.92 Å². The molecule has 1 aromatic carbocycles. The van der Waals surface area contributed by atoms with Crippen molar-refractivity contribution in [2.75, 3.05) is 5.73 Å². The molecule has 0 atom stereocenters. The highest BCUT2D eigenvalue weighted by atomic mass is 35.5. The van der Waals surface area contributed by atoms with Crippen LogP contribution in [0.25, 0.3) is 11.3 Å². The Hall–Kier alpha value is -1.55. The summed E-state index contributed by atoms with van der Waals surface area (Å²) in [5.74, 6) is 0.386. The molecule has 15 heavy (non-hydrogen) atoms. The molecular formula is C10H8ClFN2O. The normalized spacial score (nSPS) is 10.6. The molecule has 2 rings (SSSR count). The van der Waals surface area contributed by atoms with Crippen LogP contribution in [-0.4, -0.2) is 5.16 Å². The van der Waals surface area contributed by atoms with Crippen molar-refractivity contribution in [3.05, 3.63) is 34.6 Å². The van der Waals surface area contributed by atoms with Gasteiger partial charge in [0.25, 0.3) is 0 Å². The van der Waals surface area contributed by atoms with Gasteiger partial charge in [-0.05, 0) is 25.1 Å². The number of benzene rings is 1. The SMILES string of the molecule is Cc1c(N)noc1-c1ccc(F)cc1Cl. The van der Waals surface area contributed by atoms with Gasteiger partial charge in [-0.3, -0.25) is 0 Å². The fourth-order valence-corrected chi connectivity index (χ4v) is 1.53. The lowest BCUT2D eigenvalue weighted by atomic mass is 10.1. The van der Waals surface area contributed by atoms with E-state index < -0.39 is 5.82 Å². The molecule has 0 saturated heterocycles. The molecule has 78 valence electrons. The van der Waals surface area contributed by atoms with Crippen molar-refractivity contribution in [1.29, 1.82) is 0 Å². The Bertz CT molecular complexity index is 510. The molecule has 0 unspecified atom stereocenters. The molecule has 0 saturated carbocycles. The van der Waals surface area contributed by atoms with Crippen molar-refractivity contribution >= 4 is 17.4 Å². The third-order valence-corrected chi connectivity index (χ3v) is 2.45. The van der Waals surface area contributed by atoms with Crippen molar-refractivity contribution in [1.82, 2.24) is 5.16 Å². The van der Waals surface area contributed by atoms with E-state index in [2.05, 4.69) is 5.16 Å². The van der Waals surface area contributed by atoms with Gasteiger partial charge in [-0.15, -0.1) is 0 Å². The molecule has 0 amide bonds. The summed E-state index contributed by atoms with van der Waals surface area (Å²) in [4.78, 5) is 0. The van der Waals surface area contributed by atoms with Gasteiger partial charge in [-0.2, -0.15) is 0 Å². The zero-order valence-corrected chi connectivity index (χ0v) is 8.68. The molecule has 0 radical (unpaired) electrons. The number of halogens is 2. The zero-order valence-electron chi connectivity index (χ0n) is 7.92. The van der Waals surface area contributed by atoms with Crippen LogP contribution in [-0.2, 0) is 0 Å². The predicted molar refractivity (Wildman–Crippen MR) is 56.1 cm³/mol. The molecule has 0 aliphatic carbocycles. The second-order valence-electron chi connectivity index (χ2n) is 3.15. The number of rotatable bonds is 1. The van der Waals surface area contributed by atoms with Gasteiger partial charge in [0.05, 0.1) is 5.02 Å². The number of nitrogen functional groups attached to an aromatic ring is 1. The Balaban J connectivity index is 2.59. The standard InChI is InChI=1S/C10H8ClFN2O/c1-5-9(15-14-10(5)13)7-3-2-6(12)4-8(7)11/h2-4H,1H3,(H2,13,14). The zero-order chi connectivity index (χ0) is 11.0. The molecule has 3 nitrogen and oxygen atoms in total. The summed E-state index contributed by atoms with van der Waals surface area (Å²) in [6, 6.07) is 4.05. The first-order valence-corrected chi connectivity index (χ1v) is 4.64. The maximum Gasteiger partial charge on any atom is 0.173 e. The smallest absolute Gasteiger partial charge is 0.173 e. The van der Waals surface area contributed by atoms with Gasteiger partial charge >= 0.3 is 0 Å². The lowest BCUT2D eigenvalue weighted by Crippen LogP contribution is -1.87. The largest absolute Gasteiger partial charge is 0.381 e. The molecule has 2 aromatic rings. The van der Waals surface area contributed by atoms with E-state index in [9.17, 15) is 4.39 Å². The van der Waals surface area contributed by atoms with Crippen molar-refractivity contribution < 1.29 is 8.91 Å². The van der Waals surface area contributed by atoms with E-state index in [0.29, 0.717) is 22.7 Å². The van der Waals surface area contributed by atoms with E-state index in [0.717, 1.165) is 0 Å². The first kappa shape index (κ1) is 9.98. The Morgan fingerprint density at radius 2 is 2.20 bits per heavy atom. The molecular weight excluding hydrogens is 219 g/mol. The summed E-state index contributed by atoms with van der Waals surface area (Å²) in [6.45, 7) is 1.76. The van der Waals surface area contributed by atoms with Crippen molar-refractivity contribution in [3.8, 4) is 11.3 Å². The fraction of sp³-hybridized carbons (Fsp3) is 0.100. The average Bonchev–Trinajstić information content (AvgIpc) is 2.49. The molecule has 0 aliphatic heterocycles. The van der Waals surface area contributed by atoms with Gasteiger partial charge in [-0.1, -0.05) is 16.8 Å². The van der Waals surface area contributed by atoms with Gasteiger partial charge < -0.3 is 10.3 Å². The number of hydrogen-bond acceptors (Lipinski definition) is 3. The number of nitrogens with zero attached hydrogens (tertiary/aromatic N) is 1. The highest BCUT2D eigenvalue weighted by Crippen LogP contribution is 2.32. The second kappa shape index (κ2) is 3.55. The maximum atomic E-state index is 12.8. The maximum absolute atomic E-state index is 12.8. The summed E-state index contributed by atoms with van der Waals surface area (Å²) in [5, 5.41) is 3.88. The number of hydrogen-bond donors (Lipinski definition) is 1. The minimum absolute atomic E-state index is 0.272. The van der Waals surface area contributed by atoms with Crippen LogP contribution in [0.5, 0.6) is 0 Å². The van der Waals surface area contributed by atoms with Crippen molar-refractivity contribution in [2.24, 2.45) is 0 Å². The van der Waals surface area contributed by atoms with E-state index in [-0.39, 0.29) is 5.02 Å². The Labute approximate surface area is 90.6 Å². The van der Waals surface area contributed by atoms with E-state index in [1.165, 1.54) is 18.2 Å². The second-order valence-corrected chi connectivity index (χ2v) is 3.55. The molecule has 0 spiro atoms. The van der Waals surface area contributed by atoms with Crippen LogP contribution in [0.2, 0.25) is 5.02 Å². The van der Waals surface area contributed by atoms with E-state index in [1.807, 2.05) is 0 Å². The van der Waals surface area contributed by atoms with Crippen LogP contribution in [0, 0.1) is 12.7 Å². The van der Waals surface area contributed by atoms with Crippen LogP contribution in [0.3, 0.4) is 0 Å². The summed E-state index contributed by atoms with van der Waals surface area (Å²) >= 11 is 5.88. The molecule has 5 heteroatoms. The molecule has 0 bridgehead atoms. The molecule has 2 N–H and O–H groups in total.